The lowest BCUT2D eigenvalue weighted by Crippen LogP contribution is -2.45. The van der Waals surface area contributed by atoms with E-state index in [1.54, 1.807) is 20.1 Å². The van der Waals surface area contributed by atoms with E-state index in [1.807, 2.05) is 48.5 Å². The molecule has 2 aromatic rings. The predicted octanol–water partition coefficient (Wildman–Crippen LogP) is 3.02. The van der Waals surface area contributed by atoms with Crippen LogP contribution in [-0.4, -0.2) is 25.7 Å². The van der Waals surface area contributed by atoms with Gasteiger partial charge in [-0.3, -0.25) is 0 Å². The van der Waals surface area contributed by atoms with Crippen molar-refractivity contribution in [2.24, 2.45) is 0 Å². The number of nitrogens with one attached hydrogen (secondary N) is 2. The molecule has 1 heterocycles. The van der Waals surface area contributed by atoms with E-state index in [9.17, 15) is 9.59 Å². The maximum absolute atomic E-state index is 12.8. The SMILES string of the molecule is CCOC(=O)C1=C(c2ccccc2)NC(=O)NC1c1ccccc1OC. The fourth-order valence-electron chi connectivity index (χ4n) is 2.96. The summed E-state index contributed by atoms with van der Waals surface area (Å²) in [6.45, 7) is 1.98. The number of carbonyl (C=O) groups is 2. The normalized spacial score (nSPS) is 16.5. The zero-order valence-electron chi connectivity index (χ0n) is 14.6. The summed E-state index contributed by atoms with van der Waals surface area (Å²) in [5.41, 5.74) is 2.18. The molecule has 0 spiro atoms. The van der Waals surface area contributed by atoms with Gasteiger partial charge in [-0.25, -0.2) is 9.59 Å². The first kappa shape index (κ1) is 17.5. The number of amides is 2. The van der Waals surface area contributed by atoms with Gasteiger partial charge < -0.3 is 20.1 Å². The molecule has 2 amide bonds. The summed E-state index contributed by atoms with van der Waals surface area (Å²) < 4.78 is 10.7. The Kier molecular flexibility index (Phi) is 5.22. The first-order valence-electron chi connectivity index (χ1n) is 8.32. The summed E-state index contributed by atoms with van der Waals surface area (Å²) in [6.07, 6.45) is 0. The number of methoxy groups -OCH3 is 1. The van der Waals surface area contributed by atoms with Gasteiger partial charge in [0, 0.05) is 5.56 Å². The lowest BCUT2D eigenvalue weighted by Gasteiger charge is -2.30. The highest BCUT2D eigenvalue weighted by molar-refractivity contribution is 6.04. The van der Waals surface area contributed by atoms with E-state index < -0.39 is 18.0 Å². The molecule has 0 aromatic heterocycles. The third-order valence-corrected chi connectivity index (χ3v) is 4.08. The maximum Gasteiger partial charge on any atom is 0.338 e. The van der Waals surface area contributed by atoms with Crippen molar-refractivity contribution in [3.63, 3.8) is 0 Å². The topological polar surface area (TPSA) is 76.7 Å². The minimum atomic E-state index is -0.686. The van der Waals surface area contributed by atoms with Crippen molar-refractivity contribution in [2.45, 2.75) is 13.0 Å². The van der Waals surface area contributed by atoms with Gasteiger partial charge in [-0.15, -0.1) is 0 Å². The Hall–Kier alpha value is -3.28. The van der Waals surface area contributed by atoms with E-state index in [1.165, 1.54) is 0 Å². The van der Waals surface area contributed by atoms with Crippen molar-refractivity contribution in [1.29, 1.82) is 0 Å². The first-order chi connectivity index (χ1) is 12.7. The molecular formula is C20H20N2O4. The van der Waals surface area contributed by atoms with E-state index >= 15 is 0 Å². The van der Waals surface area contributed by atoms with Gasteiger partial charge in [0.2, 0.25) is 0 Å². The highest BCUT2D eigenvalue weighted by Gasteiger charge is 2.35. The largest absolute Gasteiger partial charge is 0.496 e. The lowest BCUT2D eigenvalue weighted by atomic mass is 9.92. The molecule has 0 bridgehead atoms. The van der Waals surface area contributed by atoms with Crippen molar-refractivity contribution < 1.29 is 19.1 Å². The molecule has 1 unspecified atom stereocenters. The summed E-state index contributed by atoms with van der Waals surface area (Å²) in [7, 11) is 1.55. The molecule has 0 saturated carbocycles. The van der Waals surface area contributed by atoms with Gasteiger partial charge in [-0.2, -0.15) is 0 Å². The van der Waals surface area contributed by atoms with Crippen LogP contribution in [0.1, 0.15) is 24.1 Å². The zero-order chi connectivity index (χ0) is 18.5. The average Bonchev–Trinajstić information content (AvgIpc) is 2.68. The van der Waals surface area contributed by atoms with Crippen LogP contribution in [0.4, 0.5) is 4.79 Å². The number of carbonyl (C=O) groups excluding carboxylic acids is 2. The number of esters is 1. The molecular weight excluding hydrogens is 332 g/mol. The van der Waals surface area contributed by atoms with Crippen LogP contribution >= 0.6 is 0 Å². The number of ether oxygens (including phenoxy) is 2. The Morgan fingerprint density at radius 3 is 2.46 bits per heavy atom. The molecule has 6 heteroatoms. The molecule has 1 aliphatic rings. The highest BCUT2D eigenvalue weighted by Crippen LogP contribution is 2.35. The Bertz CT molecular complexity index is 846. The number of hydrogen-bond acceptors (Lipinski definition) is 4. The number of hydrogen-bond donors (Lipinski definition) is 2. The van der Waals surface area contributed by atoms with Gasteiger partial charge in [0.05, 0.1) is 31.0 Å². The molecule has 1 aliphatic heterocycles. The molecule has 26 heavy (non-hydrogen) atoms. The summed E-state index contributed by atoms with van der Waals surface area (Å²) in [5.74, 6) is 0.0867. The van der Waals surface area contributed by atoms with E-state index in [2.05, 4.69) is 10.6 Å². The van der Waals surface area contributed by atoms with Crippen LogP contribution in [0.5, 0.6) is 5.75 Å². The van der Waals surface area contributed by atoms with Crippen LogP contribution < -0.4 is 15.4 Å². The minimum Gasteiger partial charge on any atom is -0.496 e. The fraction of sp³-hybridized carbons (Fsp3) is 0.200. The third kappa shape index (κ3) is 3.39. The van der Waals surface area contributed by atoms with Crippen LogP contribution in [-0.2, 0) is 9.53 Å². The summed E-state index contributed by atoms with van der Waals surface area (Å²) >= 11 is 0. The van der Waals surface area contributed by atoms with Crippen molar-refractivity contribution in [1.82, 2.24) is 10.6 Å². The fourth-order valence-corrected chi connectivity index (χ4v) is 2.96. The monoisotopic (exact) mass is 352 g/mol. The van der Waals surface area contributed by atoms with Gasteiger partial charge in [0.1, 0.15) is 5.75 Å². The third-order valence-electron chi connectivity index (χ3n) is 4.08. The molecule has 6 nitrogen and oxygen atoms in total. The molecule has 0 saturated heterocycles. The second kappa shape index (κ2) is 7.74. The van der Waals surface area contributed by atoms with E-state index in [-0.39, 0.29) is 6.61 Å². The predicted molar refractivity (Wildman–Crippen MR) is 97.4 cm³/mol. The Labute approximate surface area is 151 Å². The van der Waals surface area contributed by atoms with Crippen LogP contribution in [0.15, 0.2) is 60.2 Å². The molecule has 3 rings (SSSR count). The minimum absolute atomic E-state index is 0.233. The van der Waals surface area contributed by atoms with Crippen LogP contribution in [0, 0.1) is 0 Å². The second-order valence-corrected chi connectivity index (χ2v) is 5.65. The second-order valence-electron chi connectivity index (χ2n) is 5.65. The Morgan fingerprint density at radius 1 is 1.08 bits per heavy atom. The zero-order valence-corrected chi connectivity index (χ0v) is 14.6. The summed E-state index contributed by atoms with van der Waals surface area (Å²) in [6, 6.07) is 15.4. The maximum atomic E-state index is 12.8. The average molecular weight is 352 g/mol. The van der Waals surface area contributed by atoms with E-state index in [0.717, 1.165) is 5.56 Å². The molecule has 134 valence electrons. The van der Waals surface area contributed by atoms with Crippen LogP contribution in [0.3, 0.4) is 0 Å². The quantitative estimate of drug-likeness (QED) is 0.811. The van der Waals surface area contributed by atoms with E-state index in [0.29, 0.717) is 22.6 Å². The van der Waals surface area contributed by atoms with Gasteiger partial charge in [0.15, 0.2) is 0 Å². The molecule has 1 atom stereocenters. The van der Waals surface area contributed by atoms with E-state index in [4.69, 9.17) is 9.47 Å². The lowest BCUT2D eigenvalue weighted by molar-refractivity contribution is -0.138. The first-order valence-corrected chi connectivity index (χ1v) is 8.32. The van der Waals surface area contributed by atoms with Crippen LogP contribution in [0.25, 0.3) is 5.70 Å². The number of para-hydroxylation sites is 1. The standard InChI is InChI=1S/C20H20N2O4/c1-3-26-19(23)16-17(13-9-5-4-6-10-13)21-20(24)22-18(16)14-11-7-8-12-15(14)25-2/h4-12,18H,3H2,1-2H3,(H2,21,22,24). The van der Waals surface area contributed by atoms with Gasteiger partial charge in [-0.1, -0.05) is 48.5 Å². The molecule has 0 aliphatic carbocycles. The van der Waals surface area contributed by atoms with Crippen LogP contribution in [0.2, 0.25) is 0 Å². The number of urea groups is 1. The molecule has 2 N–H and O–H groups in total. The molecule has 2 aromatic carbocycles. The van der Waals surface area contributed by atoms with Gasteiger partial charge in [-0.05, 0) is 18.6 Å². The summed E-state index contributed by atoms with van der Waals surface area (Å²) in [5, 5.41) is 5.55. The smallest absolute Gasteiger partial charge is 0.338 e. The number of benzene rings is 2. The van der Waals surface area contributed by atoms with Gasteiger partial charge >= 0.3 is 12.0 Å². The van der Waals surface area contributed by atoms with Crippen molar-refractivity contribution in [2.75, 3.05) is 13.7 Å². The molecule has 0 radical (unpaired) electrons. The van der Waals surface area contributed by atoms with Crippen molar-refractivity contribution in [3.8, 4) is 5.75 Å². The number of rotatable bonds is 5. The van der Waals surface area contributed by atoms with Crippen molar-refractivity contribution in [3.05, 3.63) is 71.3 Å². The Balaban J connectivity index is 2.21. The molecule has 0 fully saturated rings. The van der Waals surface area contributed by atoms with Crippen molar-refractivity contribution >= 4 is 17.7 Å². The van der Waals surface area contributed by atoms with Gasteiger partial charge in [0.25, 0.3) is 0 Å². The Morgan fingerprint density at radius 2 is 1.77 bits per heavy atom. The summed E-state index contributed by atoms with van der Waals surface area (Å²) in [4.78, 5) is 25.1. The highest BCUT2D eigenvalue weighted by atomic mass is 16.5.